The van der Waals surface area contributed by atoms with Gasteiger partial charge in [-0.25, -0.2) is 0 Å². The van der Waals surface area contributed by atoms with Crippen molar-refractivity contribution in [2.45, 2.75) is 33.6 Å². The maximum atomic E-state index is 11.3. The van der Waals surface area contributed by atoms with Gasteiger partial charge in [0.1, 0.15) is 5.78 Å². The lowest BCUT2D eigenvalue weighted by Gasteiger charge is -2.14. The standard InChI is InChI=1S/C10H16O/c1-6-4-7-8(5-9(6)11)10(7,2)3/h6-8H,4-5H2,1-3H3/t6-,7?,8+/m1/s1. The third-order valence-corrected chi connectivity index (χ3v) is 3.87. The van der Waals surface area contributed by atoms with Gasteiger partial charge in [-0.15, -0.1) is 0 Å². The Hall–Kier alpha value is -0.330. The van der Waals surface area contributed by atoms with Crippen LogP contribution in [0.5, 0.6) is 0 Å². The number of hydrogen-bond donors (Lipinski definition) is 0. The SMILES string of the molecule is C[C@@H]1CC2[C@H](CC1=O)C2(C)C. The minimum atomic E-state index is 0.345. The van der Waals surface area contributed by atoms with Crippen molar-refractivity contribution in [2.24, 2.45) is 23.2 Å². The number of Topliss-reactive ketones (excluding diaryl/α,β-unsaturated/α-hetero) is 1. The maximum absolute atomic E-state index is 11.3. The lowest BCUT2D eigenvalue weighted by Crippen LogP contribution is -2.17. The van der Waals surface area contributed by atoms with E-state index in [-0.39, 0.29) is 0 Å². The summed E-state index contributed by atoms with van der Waals surface area (Å²) in [4.78, 5) is 11.3. The second-order valence-electron chi connectivity index (χ2n) is 4.84. The fourth-order valence-electron chi connectivity index (χ4n) is 2.66. The molecule has 3 atom stereocenters. The van der Waals surface area contributed by atoms with E-state index in [0.717, 1.165) is 24.7 Å². The first kappa shape index (κ1) is 7.33. The zero-order valence-corrected chi connectivity index (χ0v) is 7.55. The van der Waals surface area contributed by atoms with Crippen molar-refractivity contribution in [1.82, 2.24) is 0 Å². The molecule has 0 heterocycles. The van der Waals surface area contributed by atoms with Crippen molar-refractivity contribution in [2.75, 3.05) is 0 Å². The summed E-state index contributed by atoms with van der Waals surface area (Å²) in [5.74, 6) is 2.43. The summed E-state index contributed by atoms with van der Waals surface area (Å²) in [5.41, 5.74) is 0.487. The summed E-state index contributed by atoms with van der Waals surface area (Å²) in [7, 11) is 0. The molecule has 0 aromatic heterocycles. The number of carbonyl (C=O) groups excluding carboxylic acids is 1. The molecule has 0 aliphatic heterocycles. The van der Waals surface area contributed by atoms with Crippen molar-refractivity contribution in [1.29, 1.82) is 0 Å². The second kappa shape index (κ2) is 1.88. The predicted octanol–water partition coefficient (Wildman–Crippen LogP) is 2.26. The quantitative estimate of drug-likeness (QED) is 0.520. The highest BCUT2D eigenvalue weighted by molar-refractivity contribution is 5.82. The Morgan fingerprint density at radius 3 is 2.55 bits per heavy atom. The Morgan fingerprint density at radius 1 is 1.36 bits per heavy atom. The van der Waals surface area contributed by atoms with Crippen molar-refractivity contribution in [3.8, 4) is 0 Å². The van der Waals surface area contributed by atoms with E-state index in [1.807, 2.05) is 0 Å². The summed E-state index contributed by atoms with van der Waals surface area (Å²) in [5, 5.41) is 0. The molecule has 2 aliphatic carbocycles. The monoisotopic (exact) mass is 152 g/mol. The molecule has 0 N–H and O–H groups in total. The van der Waals surface area contributed by atoms with E-state index in [1.54, 1.807) is 0 Å². The van der Waals surface area contributed by atoms with E-state index in [0.29, 0.717) is 17.1 Å². The molecular formula is C10H16O. The summed E-state index contributed by atoms with van der Waals surface area (Å²) in [6.07, 6.45) is 2.01. The van der Waals surface area contributed by atoms with Crippen LogP contribution in [0.15, 0.2) is 0 Å². The Balaban J connectivity index is 2.12. The lowest BCUT2D eigenvalue weighted by molar-refractivity contribution is -0.124. The first-order valence-electron chi connectivity index (χ1n) is 4.56. The number of ketones is 1. The van der Waals surface area contributed by atoms with Crippen LogP contribution in [0.2, 0.25) is 0 Å². The van der Waals surface area contributed by atoms with Gasteiger partial charge in [-0.3, -0.25) is 4.79 Å². The van der Waals surface area contributed by atoms with E-state index in [2.05, 4.69) is 20.8 Å². The molecule has 2 saturated carbocycles. The molecule has 2 fully saturated rings. The van der Waals surface area contributed by atoms with Crippen LogP contribution in [0.3, 0.4) is 0 Å². The Bertz CT molecular complexity index is 205. The fraction of sp³-hybridized carbons (Fsp3) is 0.900. The molecule has 1 unspecified atom stereocenters. The summed E-state index contributed by atoms with van der Waals surface area (Å²) in [6, 6.07) is 0. The van der Waals surface area contributed by atoms with E-state index in [9.17, 15) is 4.79 Å². The molecule has 1 heteroatoms. The molecule has 0 aromatic carbocycles. The van der Waals surface area contributed by atoms with Gasteiger partial charge in [-0.05, 0) is 23.7 Å². The molecule has 62 valence electrons. The molecule has 0 saturated heterocycles. The highest BCUT2D eigenvalue weighted by atomic mass is 16.1. The number of hydrogen-bond acceptors (Lipinski definition) is 1. The van der Waals surface area contributed by atoms with Gasteiger partial charge in [0.25, 0.3) is 0 Å². The van der Waals surface area contributed by atoms with Crippen molar-refractivity contribution >= 4 is 5.78 Å². The van der Waals surface area contributed by atoms with Crippen LogP contribution in [-0.2, 0) is 4.79 Å². The van der Waals surface area contributed by atoms with Crippen LogP contribution in [0, 0.1) is 23.2 Å². The Kier molecular flexibility index (Phi) is 1.25. The molecule has 1 nitrogen and oxygen atoms in total. The first-order chi connectivity index (χ1) is 5.03. The minimum absolute atomic E-state index is 0.345. The second-order valence-corrected chi connectivity index (χ2v) is 4.84. The lowest BCUT2D eigenvalue weighted by atomic mass is 9.90. The van der Waals surface area contributed by atoms with Crippen molar-refractivity contribution in [3.05, 3.63) is 0 Å². The molecular weight excluding hydrogens is 136 g/mol. The molecule has 0 amide bonds. The summed E-state index contributed by atoms with van der Waals surface area (Å²) < 4.78 is 0. The van der Waals surface area contributed by atoms with Crippen LogP contribution < -0.4 is 0 Å². The average molecular weight is 152 g/mol. The van der Waals surface area contributed by atoms with Crippen LogP contribution in [0.4, 0.5) is 0 Å². The highest BCUT2D eigenvalue weighted by Gasteiger charge is 2.60. The molecule has 0 spiro atoms. The molecule has 0 bridgehead atoms. The Labute approximate surface area is 68.2 Å². The van der Waals surface area contributed by atoms with E-state index < -0.39 is 0 Å². The van der Waals surface area contributed by atoms with Gasteiger partial charge in [-0.2, -0.15) is 0 Å². The van der Waals surface area contributed by atoms with Crippen molar-refractivity contribution in [3.63, 3.8) is 0 Å². The first-order valence-corrected chi connectivity index (χ1v) is 4.56. The van der Waals surface area contributed by atoms with Crippen LogP contribution in [-0.4, -0.2) is 5.78 Å². The van der Waals surface area contributed by atoms with Crippen LogP contribution in [0.1, 0.15) is 33.6 Å². The van der Waals surface area contributed by atoms with Gasteiger partial charge < -0.3 is 0 Å². The van der Waals surface area contributed by atoms with Gasteiger partial charge in [-0.1, -0.05) is 20.8 Å². The smallest absolute Gasteiger partial charge is 0.136 e. The van der Waals surface area contributed by atoms with Crippen molar-refractivity contribution < 1.29 is 4.79 Å². The topological polar surface area (TPSA) is 17.1 Å². The average Bonchev–Trinajstić information content (AvgIpc) is 2.39. The maximum Gasteiger partial charge on any atom is 0.136 e. The summed E-state index contributed by atoms with van der Waals surface area (Å²) in [6.45, 7) is 6.67. The van der Waals surface area contributed by atoms with Gasteiger partial charge >= 0.3 is 0 Å². The van der Waals surface area contributed by atoms with Crippen LogP contribution >= 0.6 is 0 Å². The largest absolute Gasteiger partial charge is 0.299 e. The normalized spacial score (nSPS) is 46.8. The zero-order chi connectivity index (χ0) is 8.22. The van der Waals surface area contributed by atoms with E-state index >= 15 is 0 Å². The van der Waals surface area contributed by atoms with Gasteiger partial charge in [0.05, 0.1) is 0 Å². The highest BCUT2D eigenvalue weighted by Crippen LogP contribution is 2.64. The molecule has 0 aromatic rings. The molecule has 0 radical (unpaired) electrons. The van der Waals surface area contributed by atoms with E-state index in [4.69, 9.17) is 0 Å². The number of rotatable bonds is 0. The minimum Gasteiger partial charge on any atom is -0.299 e. The predicted molar refractivity (Wildman–Crippen MR) is 44.2 cm³/mol. The fourth-order valence-corrected chi connectivity index (χ4v) is 2.66. The molecule has 2 rings (SSSR count). The number of fused-ring (bicyclic) bond motifs is 1. The number of carbonyl (C=O) groups is 1. The van der Waals surface area contributed by atoms with E-state index in [1.165, 1.54) is 0 Å². The molecule has 11 heavy (non-hydrogen) atoms. The third kappa shape index (κ3) is 0.863. The van der Waals surface area contributed by atoms with Gasteiger partial charge in [0, 0.05) is 12.3 Å². The Morgan fingerprint density at radius 2 is 2.00 bits per heavy atom. The van der Waals surface area contributed by atoms with Gasteiger partial charge in [0.15, 0.2) is 0 Å². The summed E-state index contributed by atoms with van der Waals surface area (Å²) >= 11 is 0. The third-order valence-electron chi connectivity index (χ3n) is 3.87. The van der Waals surface area contributed by atoms with Crippen LogP contribution in [0.25, 0.3) is 0 Å². The van der Waals surface area contributed by atoms with Gasteiger partial charge in [0.2, 0.25) is 0 Å². The molecule has 2 aliphatic rings. The zero-order valence-electron chi connectivity index (χ0n) is 7.55.